The molecule has 0 aliphatic carbocycles. The van der Waals surface area contributed by atoms with E-state index in [0.717, 1.165) is 22.2 Å². The van der Waals surface area contributed by atoms with Crippen LogP contribution >= 0.6 is 15.9 Å². The lowest BCUT2D eigenvalue weighted by Crippen LogP contribution is -2.52. The molecule has 2 atom stereocenters. The fourth-order valence-electron chi connectivity index (χ4n) is 4.32. The number of hydrazine groups is 1. The molecule has 0 aromatic heterocycles. The summed E-state index contributed by atoms with van der Waals surface area (Å²) in [5, 5.41) is 8.96. The molecule has 1 aliphatic heterocycles. The lowest BCUT2D eigenvalue weighted by Gasteiger charge is -2.29. The molecule has 0 saturated heterocycles. The van der Waals surface area contributed by atoms with Crippen LogP contribution in [0.1, 0.15) is 41.2 Å². The van der Waals surface area contributed by atoms with Gasteiger partial charge in [-0.15, -0.1) is 6.58 Å². The summed E-state index contributed by atoms with van der Waals surface area (Å²) in [4.78, 5) is 18.5. The van der Waals surface area contributed by atoms with Crippen LogP contribution < -0.4 is 15.6 Å². The van der Waals surface area contributed by atoms with Gasteiger partial charge < -0.3 is 14.6 Å². The van der Waals surface area contributed by atoms with Gasteiger partial charge in [-0.3, -0.25) is 10.2 Å². The largest absolute Gasteiger partial charge is 0.494 e. The maximum absolute atomic E-state index is 13.8. The Bertz CT molecular complexity index is 1360. The zero-order valence-corrected chi connectivity index (χ0v) is 23.5. The number of nitrogens with zero attached hydrogens (tertiary/aromatic N) is 1. The summed E-state index contributed by atoms with van der Waals surface area (Å²) in [7, 11) is 0. The highest BCUT2D eigenvalue weighted by Crippen LogP contribution is 2.43. The van der Waals surface area contributed by atoms with Crippen LogP contribution in [0.2, 0.25) is 0 Å². The highest BCUT2D eigenvalue weighted by atomic mass is 79.9. The Morgan fingerprint density at radius 3 is 2.39 bits per heavy atom. The Balaban J connectivity index is 1.57. The molecule has 3 aromatic carbocycles. The fourth-order valence-corrected chi connectivity index (χ4v) is 4.58. The van der Waals surface area contributed by atoms with Crippen LogP contribution in [0.15, 0.2) is 94.9 Å². The molecule has 3 N–H and O–H groups in total. The van der Waals surface area contributed by atoms with Crippen molar-refractivity contribution in [1.82, 2.24) is 10.9 Å². The first-order valence-corrected chi connectivity index (χ1v) is 13.6. The minimum atomic E-state index is -4.43. The number of amides is 1. The molecule has 0 bridgehead atoms. The summed E-state index contributed by atoms with van der Waals surface area (Å²) in [5.74, 6) is 0.392. The molecular weight excluding hydrogens is 603 g/mol. The van der Waals surface area contributed by atoms with E-state index in [2.05, 4.69) is 33.4 Å². The number of nitrogens with one attached hydrogen (secondary N) is 2. The summed E-state index contributed by atoms with van der Waals surface area (Å²) in [5.41, 5.74) is 5.21. The maximum Gasteiger partial charge on any atom is 0.416 e. The summed E-state index contributed by atoms with van der Waals surface area (Å²) in [6.07, 6.45) is -2.97. The molecule has 0 saturated carbocycles. The molecule has 11 heteroatoms. The van der Waals surface area contributed by atoms with Crippen LogP contribution in [0.5, 0.6) is 5.75 Å². The summed E-state index contributed by atoms with van der Waals surface area (Å²) >= 11 is 3.43. The average molecular weight is 632 g/mol. The minimum Gasteiger partial charge on any atom is -0.494 e. The van der Waals surface area contributed by atoms with Gasteiger partial charge in [-0.2, -0.15) is 13.2 Å². The van der Waals surface area contributed by atoms with Gasteiger partial charge in [0.2, 0.25) is 5.90 Å². The normalized spacial score (nSPS) is 18.4. The third-order valence-corrected chi connectivity index (χ3v) is 6.96. The number of carbonyl (C=O) groups excluding carboxylic acids is 1. The predicted octanol–water partition coefficient (Wildman–Crippen LogP) is 5.88. The number of aliphatic hydroxyl groups is 1. The van der Waals surface area contributed by atoms with E-state index >= 15 is 0 Å². The maximum atomic E-state index is 13.8. The number of benzene rings is 3. The van der Waals surface area contributed by atoms with E-state index in [-0.39, 0.29) is 25.5 Å². The van der Waals surface area contributed by atoms with Crippen LogP contribution in [0, 0.1) is 0 Å². The summed E-state index contributed by atoms with van der Waals surface area (Å²) in [6, 6.07) is 19.1. The SMILES string of the molecule is C=CC[C@]1(C(=O)NNCc2ccc(C(F)(F)F)cc2)N=C(c2ccc(OCCCO)cc2)O[C@H]1c1ccc(Br)cc1. The number of aliphatic hydroxyl groups excluding tert-OH is 1. The average Bonchev–Trinajstić information content (AvgIpc) is 3.34. The van der Waals surface area contributed by atoms with E-state index in [1.54, 1.807) is 30.3 Å². The van der Waals surface area contributed by atoms with Crippen LogP contribution in [0.25, 0.3) is 0 Å². The van der Waals surface area contributed by atoms with Crippen molar-refractivity contribution < 1.29 is 32.5 Å². The van der Waals surface area contributed by atoms with Crippen molar-refractivity contribution in [3.05, 3.63) is 112 Å². The molecule has 7 nitrogen and oxygen atoms in total. The number of hydrogen-bond acceptors (Lipinski definition) is 6. The van der Waals surface area contributed by atoms with Crippen molar-refractivity contribution in [3.8, 4) is 5.75 Å². The van der Waals surface area contributed by atoms with Crippen molar-refractivity contribution >= 4 is 27.7 Å². The second kappa shape index (κ2) is 13.3. The molecular formula is C30H29BrF3N3O4. The van der Waals surface area contributed by atoms with Gasteiger partial charge in [-0.25, -0.2) is 10.4 Å². The molecule has 41 heavy (non-hydrogen) atoms. The van der Waals surface area contributed by atoms with Gasteiger partial charge in [-0.05, 0) is 59.7 Å². The second-order valence-electron chi connectivity index (χ2n) is 9.34. The molecule has 0 unspecified atom stereocenters. The van der Waals surface area contributed by atoms with Gasteiger partial charge in [0.15, 0.2) is 11.6 Å². The molecule has 1 aliphatic rings. The van der Waals surface area contributed by atoms with E-state index in [1.165, 1.54) is 12.1 Å². The van der Waals surface area contributed by atoms with Crippen molar-refractivity contribution in [3.63, 3.8) is 0 Å². The highest BCUT2D eigenvalue weighted by Gasteiger charge is 2.52. The first kappa shape index (κ1) is 30.3. The van der Waals surface area contributed by atoms with E-state index in [0.29, 0.717) is 29.9 Å². The molecule has 4 rings (SSSR count). The van der Waals surface area contributed by atoms with E-state index in [4.69, 9.17) is 19.6 Å². The topological polar surface area (TPSA) is 92.2 Å². The van der Waals surface area contributed by atoms with Gasteiger partial charge in [0, 0.05) is 36.0 Å². The standard InChI is InChI=1S/C30H29BrF3N3O4/c1-2-16-29(28(39)37-35-19-20-4-10-23(11-5-20)30(32,33)34)26(21-6-12-24(31)13-7-21)41-27(36-29)22-8-14-25(15-9-22)40-18-3-17-38/h2,4-15,26,35,38H,1,3,16-19H2,(H,37,39)/t26-,29-/m0/s1. The highest BCUT2D eigenvalue weighted by molar-refractivity contribution is 9.10. The van der Waals surface area contributed by atoms with Crippen molar-refractivity contribution in [2.45, 2.75) is 37.2 Å². The number of ether oxygens (including phenoxy) is 2. The van der Waals surface area contributed by atoms with Gasteiger partial charge in [-0.1, -0.05) is 46.3 Å². The fraction of sp³-hybridized carbons (Fsp3) is 0.267. The molecule has 0 radical (unpaired) electrons. The summed E-state index contributed by atoms with van der Waals surface area (Å²) < 4.78 is 51.4. The number of hydrogen-bond donors (Lipinski definition) is 3. The number of aliphatic imine (C=N–C) groups is 1. The molecule has 1 heterocycles. The quantitative estimate of drug-likeness (QED) is 0.132. The molecule has 1 amide bonds. The van der Waals surface area contributed by atoms with Gasteiger partial charge in [0.25, 0.3) is 5.91 Å². The van der Waals surface area contributed by atoms with E-state index < -0.39 is 29.3 Å². The van der Waals surface area contributed by atoms with Crippen LogP contribution in [0.4, 0.5) is 13.2 Å². The third-order valence-electron chi connectivity index (χ3n) is 6.43. The van der Waals surface area contributed by atoms with Gasteiger partial charge in [0.05, 0.1) is 12.2 Å². The monoisotopic (exact) mass is 631 g/mol. The minimum absolute atomic E-state index is 0.0345. The summed E-state index contributed by atoms with van der Waals surface area (Å²) in [6.45, 7) is 4.34. The van der Waals surface area contributed by atoms with E-state index in [9.17, 15) is 18.0 Å². The van der Waals surface area contributed by atoms with E-state index in [1.807, 2.05) is 24.3 Å². The Kier molecular flexibility index (Phi) is 9.85. The Labute approximate surface area is 244 Å². The molecule has 0 fully saturated rings. The Hall–Kier alpha value is -3.67. The molecule has 216 valence electrons. The van der Waals surface area contributed by atoms with Crippen molar-refractivity contribution in [1.29, 1.82) is 0 Å². The zero-order valence-electron chi connectivity index (χ0n) is 22.0. The number of rotatable bonds is 12. The lowest BCUT2D eigenvalue weighted by molar-refractivity contribution is -0.137. The Morgan fingerprint density at radius 1 is 1.10 bits per heavy atom. The number of halogens is 4. The molecule has 0 spiro atoms. The second-order valence-corrected chi connectivity index (χ2v) is 10.3. The van der Waals surface area contributed by atoms with Gasteiger partial charge >= 0.3 is 6.18 Å². The lowest BCUT2D eigenvalue weighted by atomic mass is 9.84. The first-order valence-electron chi connectivity index (χ1n) is 12.8. The van der Waals surface area contributed by atoms with Crippen LogP contribution in [-0.4, -0.2) is 35.7 Å². The first-order chi connectivity index (χ1) is 19.7. The zero-order chi connectivity index (χ0) is 29.5. The smallest absolute Gasteiger partial charge is 0.416 e. The van der Waals surface area contributed by atoms with Crippen molar-refractivity contribution in [2.24, 2.45) is 4.99 Å². The van der Waals surface area contributed by atoms with Crippen molar-refractivity contribution in [2.75, 3.05) is 13.2 Å². The van der Waals surface area contributed by atoms with Crippen LogP contribution in [-0.2, 0) is 22.3 Å². The number of alkyl halides is 3. The molecule has 3 aromatic rings. The van der Waals surface area contributed by atoms with Crippen LogP contribution in [0.3, 0.4) is 0 Å². The Morgan fingerprint density at radius 2 is 1.78 bits per heavy atom. The predicted molar refractivity (Wildman–Crippen MR) is 152 cm³/mol. The number of carbonyl (C=O) groups is 1. The van der Waals surface area contributed by atoms with Gasteiger partial charge in [0.1, 0.15) is 5.75 Å². The third kappa shape index (κ3) is 7.35.